The average molecular weight is 327 g/mol. The van der Waals surface area contributed by atoms with Crippen LogP contribution in [0.2, 0.25) is 0 Å². The van der Waals surface area contributed by atoms with Crippen LogP contribution in [0.25, 0.3) is 0 Å². The molecule has 6 nitrogen and oxygen atoms in total. The lowest BCUT2D eigenvalue weighted by molar-refractivity contribution is -0.113. The van der Waals surface area contributed by atoms with E-state index in [1.54, 1.807) is 20.0 Å². The van der Waals surface area contributed by atoms with E-state index < -0.39 is 23.3 Å². The van der Waals surface area contributed by atoms with E-state index in [0.717, 1.165) is 13.0 Å². The Morgan fingerprint density at radius 2 is 1.96 bits per heavy atom. The molecule has 24 heavy (non-hydrogen) atoms. The van der Waals surface area contributed by atoms with Crippen molar-refractivity contribution in [3.63, 3.8) is 0 Å². The molecule has 0 unspecified atom stereocenters. The molecule has 0 bridgehead atoms. The number of rotatable bonds is 4. The molecule has 0 saturated heterocycles. The fourth-order valence-electron chi connectivity index (χ4n) is 2.38. The van der Waals surface area contributed by atoms with Crippen LogP contribution in [0, 0.1) is 24.1 Å². The molecule has 1 amide bonds. The Labute approximate surface area is 137 Å². The molecule has 0 spiro atoms. The third-order valence-corrected chi connectivity index (χ3v) is 3.56. The third-order valence-electron chi connectivity index (χ3n) is 3.56. The Balaban J connectivity index is 2.36. The number of carbonyl (C=O) groups excluding carboxylic acids is 3. The van der Waals surface area contributed by atoms with Gasteiger partial charge in [0, 0.05) is 31.4 Å². The van der Waals surface area contributed by atoms with Gasteiger partial charge in [-0.1, -0.05) is 0 Å². The van der Waals surface area contributed by atoms with Gasteiger partial charge in [-0.05, 0) is 30.7 Å². The predicted octanol–water partition coefficient (Wildman–Crippen LogP) is 2.37. The molecule has 0 aliphatic rings. The van der Waals surface area contributed by atoms with Crippen LogP contribution in [0.5, 0.6) is 0 Å². The maximum absolute atomic E-state index is 13.3. The summed E-state index contributed by atoms with van der Waals surface area (Å²) < 4.78 is 14.8. The Hall–Kier alpha value is -3.27. The molecule has 0 radical (unpaired) electrons. The number of ketones is 2. The molecule has 0 atom stereocenters. The first-order chi connectivity index (χ1) is 11.3. The van der Waals surface area contributed by atoms with Crippen LogP contribution in [0.15, 0.2) is 24.4 Å². The number of amides is 1. The number of nitriles is 1. The molecule has 2 rings (SSSR count). The SMILES string of the molecule is CC(=O)C(=O)c1cn(C)c(C(=O)Nc2ccc(F)c(C#N)c2)c1C. The van der Waals surface area contributed by atoms with Crippen LogP contribution in [0.1, 0.15) is 38.9 Å². The van der Waals surface area contributed by atoms with Crippen LogP contribution in [-0.2, 0) is 11.8 Å². The van der Waals surface area contributed by atoms with Gasteiger partial charge in [-0.2, -0.15) is 5.26 Å². The number of anilines is 1. The van der Waals surface area contributed by atoms with Crippen LogP contribution >= 0.6 is 0 Å². The summed E-state index contributed by atoms with van der Waals surface area (Å²) in [6.07, 6.45) is 1.42. The van der Waals surface area contributed by atoms with Crippen LogP contribution in [0.3, 0.4) is 0 Å². The van der Waals surface area contributed by atoms with E-state index in [4.69, 9.17) is 5.26 Å². The van der Waals surface area contributed by atoms with Crippen molar-refractivity contribution in [3.05, 3.63) is 52.6 Å². The topological polar surface area (TPSA) is 92.0 Å². The summed E-state index contributed by atoms with van der Waals surface area (Å²) in [5.74, 6) is -2.50. The van der Waals surface area contributed by atoms with Gasteiger partial charge in [0.15, 0.2) is 5.78 Å². The summed E-state index contributed by atoms with van der Waals surface area (Å²) in [5.41, 5.74) is 0.786. The maximum Gasteiger partial charge on any atom is 0.272 e. The van der Waals surface area contributed by atoms with Crippen molar-refractivity contribution >= 4 is 23.2 Å². The zero-order valence-corrected chi connectivity index (χ0v) is 13.3. The number of aryl methyl sites for hydroxylation is 1. The molecule has 1 aromatic carbocycles. The standard InChI is InChI=1S/C17H14FN3O3/c1-9-13(16(23)10(2)22)8-21(3)15(9)17(24)20-12-4-5-14(18)11(6-12)7-19/h4-6,8H,1-3H3,(H,20,24). The average Bonchev–Trinajstić information content (AvgIpc) is 2.82. The monoisotopic (exact) mass is 327 g/mol. The lowest BCUT2D eigenvalue weighted by Gasteiger charge is -2.08. The zero-order valence-electron chi connectivity index (χ0n) is 13.3. The fourth-order valence-corrected chi connectivity index (χ4v) is 2.38. The third kappa shape index (κ3) is 3.08. The largest absolute Gasteiger partial charge is 0.346 e. The predicted molar refractivity (Wildman–Crippen MR) is 84.2 cm³/mol. The molecular formula is C17H14FN3O3. The Bertz CT molecular complexity index is 907. The second-order valence-corrected chi connectivity index (χ2v) is 5.27. The number of Topliss-reactive ketones (excluding diaryl/α,β-unsaturated/α-hetero) is 2. The van der Waals surface area contributed by atoms with Crippen molar-refractivity contribution < 1.29 is 18.8 Å². The van der Waals surface area contributed by atoms with Gasteiger partial charge in [-0.25, -0.2) is 4.39 Å². The summed E-state index contributed by atoms with van der Waals surface area (Å²) in [5, 5.41) is 11.4. The highest BCUT2D eigenvalue weighted by Gasteiger charge is 2.23. The molecule has 0 aliphatic carbocycles. The number of nitrogens with zero attached hydrogens (tertiary/aromatic N) is 2. The Morgan fingerprint density at radius 1 is 1.29 bits per heavy atom. The van der Waals surface area contributed by atoms with Gasteiger partial charge in [-0.15, -0.1) is 0 Å². The number of halogens is 1. The van der Waals surface area contributed by atoms with E-state index in [-0.39, 0.29) is 22.5 Å². The van der Waals surface area contributed by atoms with Crippen molar-refractivity contribution in [2.45, 2.75) is 13.8 Å². The molecule has 7 heteroatoms. The molecule has 0 fully saturated rings. The van der Waals surface area contributed by atoms with E-state index in [0.29, 0.717) is 5.56 Å². The van der Waals surface area contributed by atoms with E-state index in [2.05, 4.69) is 5.32 Å². The van der Waals surface area contributed by atoms with Gasteiger partial charge < -0.3 is 9.88 Å². The van der Waals surface area contributed by atoms with Gasteiger partial charge in [0.25, 0.3) is 5.91 Å². The molecule has 1 N–H and O–H groups in total. The van der Waals surface area contributed by atoms with Crippen LogP contribution < -0.4 is 5.32 Å². The van der Waals surface area contributed by atoms with Crippen LogP contribution in [-0.4, -0.2) is 22.0 Å². The lowest BCUT2D eigenvalue weighted by Crippen LogP contribution is -2.17. The quantitative estimate of drug-likeness (QED) is 0.689. The second-order valence-electron chi connectivity index (χ2n) is 5.27. The molecule has 122 valence electrons. The first-order valence-corrected chi connectivity index (χ1v) is 6.98. The second kappa shape index (κ2) is 6.46. The van der Waals surface area contributed by atoms with Crippen molar-refractivity contribution in [2.24, 2.45) is 7.05 Å². The molecule has 0 saturated carbocycles. The van der Waals surface area contributed by atoms with E-state index in [1.165, 1.54) is 22.9 Å². The molecule has 1 heterocycles. The normalized spacial score (nSPS) is 10.1. The van der Waals surface area contributed by atoms with Crippen molar-refractivity contribution in [1.82, 2.24) is 4.57 Å². The summed E-state index contributed by atoms with van der Waals surface area (Å²) in [6.45, 7) is 2.73. The minimum absolute atomic E-state index is 0.159. The lowest BCUT2D eigenvalue weighted by atomic mass is 10.1. The van der Waals surface area contributed by atoms with Crippen molar-refractivity contribution in [1.29, 1.82) is 5.26 Å². The van der Waals surface area contributed by atoms with E-state index in [1.807, 2.05) is 0 Å². The molecular weight excluding hydrogens is 313 g/mol. The van der Waals surface area contributed by atoms with Gasteiger partial charge >= 0.3 is 0 Å². The number of hydrogen-bond acceptors (Lipinski definition) is 4. The summed E-state index contributed by atoms with van der Waals surface area (Å²) in [6, 6.07) is 5.31. The first kappa shape index (κ1) is 17.1. The Morgan fingerprint density at radius 3 is 2.54 bits per heavy atom. The Kier molecular flexibility index (Phi) is 4.60. The minimum Gasteiger partial charge on any atom is -0.346 e. The first-order valence-electron chi connectivity index (χ1n) is 6.98. The fraction of sp³-hybridized carbons (Fsp3) is 0.176. The van der Waals surface area contributed by atoms with Gasteiger partial charge in [-0.3, -0.25) is 14.4 Å². The van der Waals surface area contributed by atoms with Crippen LogP contribution in [0.4, 0.5) is 10.1 Å². The number of hydrogen-bond donors (Lipinski definition) is 1. The van der Waals surface area contributed by atoms with Crippen molar-refractivity contribution in [3.8, 4) is 6.07 Å². The van der Waals surface area contributed by atoms with E-state index in [9.17, 15) is 18.8 Å². The van der Waals surface area contributed by atoms with E-state index >= 15 is 0 Å². The highest BCUT2D eigenvalue weighted by molar-refractivity contribution is 6.43. The minimum atomic E-state index is -0.681. The van der Waals surface area contributed by atoms with Gasteiger partial charge in [0.2, 0.25) is 5.78 Å². The highest BCUT2D eigenvalue weighted by atomic mass is 19.1. The maximum atomic E-state index is 13.3. The number of carbonyl (C=O) groups is 3. The summed E-state index contributed by atoms with van der Waals surface area (Å²) in [4.78, 5) is 35.6. The summed E-state index contributed by atoms with van der Waals surface area (Å²) >= 11 is 0. The van der Waals surface area contributed by atoms with Gasteiger partial charge in [0.05, 0.1) is 5.56 Å². The highest BCUT2D eigenvalue weighted by Crippen LogP contribution is 2.20. The van der Waals surface area contributed by atoms with Crippen molar-refractivity contribution in [2.75, 3.05) is 5.32 Å². The smallest absolute Gasteiger partial charge is 0.272 e. The van der Waals surface area contributed by atoms with Gasteiger partial charge in [0.1, 0.15) is 17.6 Å². The number of benzene rings is 1. The molecule has 2 aromatic rings. The molecule has 1 aromatic heterocycles. The number of aromatic nitrogens is 1. The molecule has 0 aliphatic heterocycles. The summed E-state index contributed by atoms with van der Waals surface area (Å²) in [7, 11) is 1.57. The number of nitrogens with one attached hydrogen (secondary N) is 1. The zero-order chi connectivity index (χ0) is 18.0.